The van der Waals surface area contributed by atoms with Gasteiger partial charge in [-0.05, 0) is 56.6 Å². The number of hydrogen-bond acceptors (Lipinski definition) is 4. The highest BCUT2D eigenvalue weighted by molar-refractivity contribution is 5.95. The summed E-state index contributed by atoms with van der Waals surface area (Å²) in [5.74, 6) is 0.347. The molecule has 1 amide bonds. The second-order valence-corrected chi connectivity index (χ2v) is 6.11. The van der Waals surface area contributed by atoms with Crippen LogP contribution in [0.15, 0.2) is 42.9 Å². The maximum Gasteiger partial charge on any atom is 0.253 e. The molecule has 0 radical (unpaired) electrons. The van der Waals surface area contributed by atoms with Crippen LogP contribution < -0.4 is 5.32 Å². The summed E-state index contributed by atoms with van der Waals surface area (Å²) in [4.78, 5) is 23.1. The van der Waals surface area contributed by atoms with Crippen LogP contribution in [0.5, 0.6) is 0 Å². The molecule has 3 rings (SSSR count). The van der Waals surface area contributed by atoms with E-state index in [0.29, 0.717) is 24.1 Å². The topological polar surface area (TPSA) is 58.1 Å². The molecule has 2 atom stereocenters. The summed E-state index contributed by atoms with van der Waals surface area (Å²) >= 11 is 0. The third-order valence-corrected chi connectivity index (χ3v) is 4.58. The van der Waals surface area contributed by atoms with Crippen LogP contribution in [0.25, 0.3) is 0 Å². The van der Waals surface area contributed by atoms with E-state index in [4.69, 9.17) is 0 Å². The van der Waals surface area contributed by atoms with E-state index in [1.807, 2.05) is 25.3 Å². The molecule has 2 aromatic rings. The number of likely N-dealkylation sites (tertiary alicyclic amines) is 1. The van der Waals surface area contributed by atoms with Crippen LogP contribution in [0.2, 0.25) is 0 Å². The summed E-state index contributed by atoms with van der Waals surface area (Å²) in [6.45, 7) is 3.56. The van der Waals surface area contributed by atoms with Crippen LogP contribution in [-0.4, -0.2) is 40.9 Å². The zero-order chi connectivity index (χ0) is 16.2. The van der Waals surface area contributed by atoms with Gasteiger partial charge in [0, 0.05) is 36.9 Å². The number of carbonyl (C=O) groups excluding carboxylic acids is 1. The van der Waals surface area contributed by atoms with E-state index in [1.54, 1.807) is 18.5 Å². The molecule has 1 N–H and O–H groups in total. The van der Waals surface area contributed by atoms with E-state index < -0.39 is 0 Å². The van der Waals surface area contributed by atoms with Crippen molar-refractivity contribution in [2.24, 2.45) is 5.92 Å². The standard InChI is InChI=1S/C18H22N4O/c1-13-16(6-4-9-20-13)18(23)21-12-15-7-10-22(2)17(15)14-5-3-8-19-11-14/h3-6,8-9,11,15,17H,7,10,12H2,1-2H3,(H,21,23)/t15-,17-/m0/s1. The fourth-order valence-electron chi connectivity index (χ4n) is 3.36. The van der Waals surface area contributed by atoms with Crippen LogP contribution in [0.4, 0.5) is 0 Å². The molecule has 5 heteroatoms. The number of aryl methyl sites for hydroxylation is 1. The lowest BCUT2D eigenvalue weighted by molar-refractivity contribution is 0.0942. The number of hydrogen-bond donors (Lipinski definition) is 1. The zero-order valence-electron chi connectivity index (χ0n) is 13.6. The number of carbonyl (C=O) groups is 1. The Hall–Kier alpha value is -2.27. The van der Waals surface area contributed by atoms with Gasteiger partial charge in [0.05, 0.1) is 5.56 Å². The van der Waals surface area contributed by atoms with Crippen molar-refractivity contribution >= 4 is 5.91 Å². The number of nitrogens with zero attached hydrogens (tertiary/aromatic N) is 3. The van der Waals surface area contributed by atoms with Gasteiger partial charge in [-0.2, -0.15) is 0 Å². The molecule has 2 aromatic heterocycles. The Labute approximate surface area is 136 Å². The molecule has 0 bridgehead atoms. The fraction of sp³-hybridized carbons (Fsp3) is 0.389. The lowest BCUT2D eigenvalue weighted by Gasteiger charge is -2.25. The largest absolute Gasteiger partial charge is 0.352 e. The lowest BCUT2D eigenvalue weighted by Crippen LogP contribution is -2.32. The summed E-state index contributed by atoms with van der Waals surface area (Å²) in [5.41, 5.74) is 2.62. The fourth-order valence-corrected chi connectivity index (χ4v) is 3.36. The quantitative estimate of drug-likeness (QED) is 0.940. The second-order valence-electron chi connectivity index (χ2n) is 6.11. The molecule has 0 spiro atoms. The predicted molar refractivity (Wildman–Crippen MR) is 89.0 cm³/mol. The van der Waals surface area contributed by atoms with Gasteiger partial charge in [-0.3, -0.25) is 19.7 Å². The van der Waals surface area contributed by atoms with Gasteiger partial charge in [0.1, 0.15) is 0 Å². The first-order valence-electron chi connectivity index (χ1n) is 7.97. The Bertz CT molecular complexity index is 674. The molecule has 23 heavy (non-hydrogen) atoms. The van der Waals surface area contributed by atoms with Gasteiger partial charge in [-0.1, -0.05) is 6.07 Å². The highest BCUT2D eigenvalue weighted by atomic mass is 16.1. The van der Waals surface area contributed by atoms with Crippen molar-refractivity contribution in [1.82, 2.24) is 20.2 Å². The van der Waals surface area contributed by atoms with Gasteiger partial charge in [0.25, 0.3) is 5.91 Å². The predicted octanol–water partition coefficient (Wildman–Crippen LogP) is 2.21. The van der Waals surface area contributed by atoms with Crippen molar-refractivity contribution < 1.29 is 4.79 Å². The maximum atomic E-state index is 12.4. The van der Waals surface area contributed by atoms with Gasteiger partial charge >= 0.3 is 0 Å². The molecule has 0 unspecified atom stereocenters. The lowest BCUT2D eigenvalue weighted by atomic mass is 9.94. The average Bonchev–Trinajstić information content (AvgIpc) is 2.94. The molecule has 0 aliphatic carbocycles. The molecular weight excluding hydrogens is 288 g/mol. The third-order valence-electron chi connectivity index (χ3n) is 4.58. The summed E-state index contributed by atoms with van der Waals surface area (Å²) in [6.07, 6.45) is 6.49. The Morgan fingerprint density at radius 1 is 1.35 bits per heavy atom. The Morgan fingerprint density at radius 2 is 2.17 bits per heavy atom. The van der Waals surface area contributed by atoms with Crippen LogP contribution in [-0.2, 0) is 0 Å². The van der Waals surface area contributed by atoms with E-state index in [1.165, 1.54) is 5.56 Å². The number of aromatic nitrogens is 2. The normalized spacial score (nSPS) is 21.3. The molecular formula is C18H22N4O. The van der Waals surface area contributed by atoms with E-state index in [9.17, 15) is 4.79 Å². The first kappa shape index (κ1) is 15.6. The van der Waals surface area contributed by atoms with Gasteiger partial charge in [0.15, 0.2) is 0 Å². The summed E-state index contributed by atoms with van der Waals surface area (Å²) in [7, 11) is 2.13. The summed E-state index contributed by atoms with van der Waals surface area (Å²) in [5, 5.41) is 3.08. The van der Waals surface area contributed by atoms with Gasteiger partial charge < -0.3 is 5.32 Å². The average molecular weight is 310 g/mol. The first-order chi connectivity index (χ1) is 11.2. The van der Waals surface area contributed by atoms with Gasteiger partial charge in [-0.15, -0.1) is 0 Å². The summed E-state index contributed by atoms with van der Waals surface area (Å²) in [6, 6.07) is 8.00. The van der Waals surface area contributed by atoms with Crippen molar-refractivity contribution in [2.45, 2.75) is 19.4 Å². The maximum absolute atomic E-state index is 12.4. The van der Waals surface area contributed by atoms with E-state index in [0.717, 1.165) is 18.7 Å². The summed E-state index contributed by atoms with van der Waals surface area (Å²) < 4.78 is 0. The smallest absolute Gasteiger partial charge is 0.253 e. The van der Waals surface area contributed by atoms with Gasteiger partial charge in [-0.25, -0.2) is 0 Å². The van der Waals surface area contributed by atoms with E-state index in [2.05, 4.69) is 33.3 Å². The third kappa shape index (κ3) is 3.40. The Balaban J connectivity index is 1.68. The SMILES string of the molecule is Cc1ncccc1C(=O)NC[C@@H]1CCN(C)[C@H]1c1cccnc1. The molecule has 0 aromatic carbocycles. The number of pyridine rings is 2. The molecule has 0 saturated carbocycles. The molecule has 1 fully saturated rings. The number of nitrogens with one attached hydrogen (secondary N) is 1. The van der Waals surface area contributed by atoms with Crippen molar-refractivity contribution in [3.05, 3.63) is 59.7 Å². The van der Waals surface area contributed by atoms with Crippen LogP contribution in [0.1, 0.15) is 34.1 Å². The van der Waals surface area contributed by atoms with E-state index >= 15 is 0 Å². The van der Waals surface area contributed by atoms with Crippen molar-refractivity contribution in [3.8, 4) is 0 Å². The van der Waals surface area contributed by atoms with Crippen molar-refractivity contribution in [2.75, 3.05) is 20.1 Å². The minimum absolute atomic E-state index is 0.0462. The zero-order valence-corrected chi connectivity index (χ0v) is 13.6. The molecule has 1 aliphatic rings. The molecule has 3 heterocycles. The molecule has 1 aliphatic heterocycles. The Kier molecular flexibility index (Phi) is 4.67. The highest BCUT2D eigenvalue weighted by Crippen LogP contribution is 2.35. The number of amides is 1. The molecule has 1 saturated heterocycles. The molecule has 120 valence electrons. The van der Waals surface area contributed by atoms with Crippen LogP contribution in [0, 0.1) is 12.8 Å². The van der Waals surface area contributed by atoms with Crippen LogP contribution >= 0.6 is 0 Å². The number of rotatable bonds is 4. The second kappa shape index (κ2) is 6.87. The first-order valence-corrected chi connectivity index (χ1v) is 7.97. The Morgan fingerprint density at radius 3 is 2.91 bits per heavy atom. The highest BCUT2D eigenvalue weighted by Gasteiger charge is 2.33. The van der Waals surface area contributed by atoms with Gasteiger partial charge in [0.2, 0.25) is 0 Å². The minimum Gasteiger partial charge on any atom is -0.352 e. The monoisotopic (exact) mass is 310 g/mol. The van der Waals surface area contributed by atoms with Crippen LogP contribution in [0.3, 0.4) is 0 Å². The van der Waals surface area contributed by atoms with Crippen molar-refractivity contribution in [1.29, 1.82) is 0 Å². The molecule has 5 nitrogen and oxygen atoms in total. The van der Waals surface area contributed by atoms with Crippen molar-refractivity contribution in [3.63, 3.8) is 0 Å². The van der Waals surface area contributed by atoms with E-state index in [-0.39, 0.29) is 5.91 Å². The minimum atomic E-state index is -0.0462.